The van der Waals surface area contributed by atoms with Crippen molar-refractivity contribution in [3.05, 3.63) is 124 Å². The second-order valence-corrected chi connectivity index (χ2v) is 10.1. The summed E-state index contributed by atoms with van der Waals surface area (Å²) >= 11 is 0. The van der Waals surface area contributed by atoms with E-state index in [2.05, 4.69) is 95.6 Å². The number of aromatic nitrogens is 1. The summed E-state index contributed by atoms with van der Waals surface area (Å²) in [6.07, 6.45) is 3.08. The molecule has 0 spiro atoms. The van der Waals surface area contributed by atoms with Crippen LogP contribution in [0.1, 0.15) is 33.4 Å². The molecule has 1 heteroatoms. The van der Waals surface area contributed by atoms with Crippen LogP contribution in [0.25, 0.3) is 49.7 Å². The number of hydrogen-bond acceptors (Lipinski definition) is 0. The fraction of sp³-hybridized carbons (Fsp3) is 0.0909. The highest BCUT2D eigenvalue weighted by atomic mass is 15.0. The zero-order chi connectivity index (χ0) is 22.0. The molecule has 0 amide bonds. The summed E-state index contributed by atoms with van der Waals surface area (Å²) in [6, 6.07) is 34.4. The van der Waals surface area contributed by atoms with E-state index >= 15 is 0 Å². The molecule has 3 aliphatic rings. The number of para-hydroxylation sites is 2. The molecule has 158 valence electrons. The van der Waals surface area contributed by atoms with Gasteiger partial charge in [0.05, 0.1) is 11.0 Å². The average Bonchev–Trinajstić information content (AvgIpc) is 3.53. The number of fused-ring (bicyclic) bond motifs is 12. The first kappa shape index (κ1) is 17.4. The van der Waals surface area contributed by atoms with Crippen LogP contribution in [0.3, 0.4) is 0 Å². The Morgan fingerprint density at radius 1 is 0.500 bits per heavy atom. The minimum atomic E-state index is 1.01. The van der Waals surface area contributed by atoms with Crippen LogP contribution in [-0.4, -0.2) is 4.57 Å². The lowest BCUT2D eigenvalue weighted by Crippen LogP contribution is -2.07. The van der Waals surface area contributed by atoms with Gasteiger partial charge in [-0.25, -0.2) is 0 Å². The lowest BCUT2D eigenvalue weighted by molar-refractivity contribution is 1.04. The predicted molar refractivity (Wildman–Crippen MR) is 140 cm³/mol. The summed E-state index contributed by atoms with van der Waals surface area (Å²) < 4.78 is 2.53. The predicted octanol–water partition coefficient (Wildman–Crippen LogP) is 7.83. The minimum absolute atomic E-state index is 1.01. The molecule has 0 saturated carbocycles. The van der Waals surface area contributed by atoms with Crippen LogP contribution < -0.4 is 0 Å². The molecule has 0 saturated heterocycles. The van der Waals surface area contributed by atoms with Crippen molar-refractivity contribution in [1.29, 1.82) is 0 Å². The maximum absolute atomic E-state index is 2.53. The van der Waals surface area contributed by atoms with Crippen molar-refractivity contribution in [3.8, 4) is 27.9 Å². The smallest absolute Gasteiger partial charge is 0.0576 e. The average molecular weight is 432 g/mol. The molecular formula is C33H21N. The molecule has 1 aliphatic heterocycles. The van der Waals surface area contributed by atoms with E-state index in [-0.39, 0.29) is 0 Å². The summed E-state index contributed by atoms with van der Waals surface area (Å²) in [7, 11) is 0. The first-order valence-corrected chi connectivity index (χ1v) is 12.3. The second-order valence-electron chi connectivity index (χ2n) is 10.1. The molecule has 1 aromatic heterocycles. The van der Waals surface area contributed by atoms with Crippen LogP contribution in [0.5, 0.6) is 0 Å². The third-order valence-electron chi connectivity index (χ3n) is 8.43. The van der Waals surface area contributed by atoms with Crippen molar-refractivity contribution in [2.45, 2.75) is 19.3 Å². The van der Waals surface area contributed by atoms with E-state index in [1.165, 1.54) is 83.1 Å². The molecule has 0 atom stereocenters. The van der Waals surface area contributed by atoms with Gasteiger partial charge in [-0.05, 0) is 92.7 Å². The van der Waals surface area contributed by atoms with E-state index < -0.39 is 0 Å². The maximum atomic E-state index is 2.53. The van der Waals surface area contributed by atoms with Crippen molar-refractivity contribution in [3.63, 3.8) is 0 Å². The van der Waals surface area contributed by atoms with Gasteiger partial charge in [-0.3, -0.25) is 0 Å². The van der Waals surface area contributed by atoms with Gasteiger partial charge in [0.2, 0.25) is 0 Å². The molecule has 2 aliphatic carbocycles. The van der Waals surface area contributed by atoms with E-state index in [1.807, 2.05) is 0 Å². The van der Waals surface area contributed by atoms with Crippen LogP contribution in [-0.2, 0) is 19.3 Å². The minimum Gasteiger partial charge on any atom is -0.309 e. The highest BCUT2D eigenvalue weighted by molar-refractivity contribution is 6.15. The van der Waals surface area contributed by atoms with E-state index in [0.29, 0.717) is 0 Å². The molecule has 0 fully saturated rings. The SMILES string of the molecule is c1ccc2c(c1)Cc1cc3c(cc1-2)Cc1c-3ccc2c1c1cccc3c1n2-c1ccccc1C3. The third-order valence-corrected chi connectivity index (χ3v) is 8.43. The topological polar surface area (TPSA) is 4.93 Å². The van der Waals surface area contributed by atoms with Crippen LogP contribution in [0.15, 0.2) is 91.0 Å². The fourth-order valence-electron chi connectivity index (χ4n) is 7.03. The molecule has 9 rings (SSSR count). The van der Waals surface area contributed by atoms with E-state index in [0.717, 1.165) is 19.3 Å². The van der Waals surface area contributed by atoms with Gasteiger partial charge in [-0.2, -0.15) is 0 Å². The van der Waals surface area contributed by atoms with Crippen molar-refractivity contribution in [2.24, 2.45) is 0 Å². The molecule has 0 N–H and O–H groups in total. The monoisotopic (exact) mass is 431 g/mol. The summed E-state index contributed by atoms with van der Waals surface area (Å²) in [5.41, 5.74) is 18.6. The summed E-state index contributed by atoms with van der Waals surface area (Å²) in [5.74, 6) is 0. The molecule has 5 aromatic carbocycles. The summed E-state index contributed by atoms with van der Waals surface area (Å²) in [4.78, 5) is 0. The highest BCUT2D eigenvalue weighted by Crippen LogP contribution is 2.49. The Kier molecular flexibility index (Phi) is 3.00. The number of benzene rings is 5. The molecular weight excluding hydrogens is 410 g/mol. The quantitative estimate of drug-likeness (QED) is 0.231. The second kappa shape index (κ2) is 5.87. The van der Waals surface area contributed by atoms with Crippen LogP contribution >= 0.6 is 0 Å². The van der Waals surface area contributed by atoms with Crippen molar-refractivity contribution in [1.82, 2.24) is 4.57 Å². The Bertz CT molecular complexity index is 1880. The Morgan fingerprint density at radius 2 is 1.24 bits per heavy atom. The molecule has 2 heterocycles. The first-order valence-electron chi connectivity index (χ1n) is 12.3. The van der Waals surface area contributed by atoms with Gasteiger partial charge < -0.3 is 4.57 Å². The lowest BCUT2D eigenvalue weighted by atomic mass is 9.96. The normalized spacial score (nSPS) is 14.1. The van der Waals surface area contributed by atoms with Gasteiger partial charge in [0.25, 0.3) is 0 Å². The first-order chi connectivity index (χ1) is 16.8. The van der Waals surface area contributed by atoms with Gasteiger partial charge >= 0.3 is 0 Å². The van der Waals surface area contributed by atoms with Gasteiger partial charge in [-0.15, -0.1) is 0 Å². The standard InChI is InChI=1S/C33H21N/c1-3-9-24-19(6-1)14-22-16-28-23(17-27(22)24)18-29-25(28)12-13-31-32(29)26-10-5-8-21-15-20-7-2-4-11-30(20)34(31)33(21)26/h1-13,16-17H,14-15,18H2. The lowest BCUT2D eigenvalue weighted by Gasteiger charge is -2.20. The van der Waals surface area contributed by atoms with E-state index in [1.54, 1.807) is 0 Å². The van der Waals surface area contributed by atoms with Gasteiger partial charge in [0.15, 0.2) is 0 Å². The fourth-order valence-corrected chi connectivity index (χ4v) is 7.03. The molecule has 0 radical (unpaired) electrons. The zero-order valence-electron chi connectivity index (χ0n) is 18.7. The van der Waals surface area contributed by atoms with E-state index in [9.17, 15) is 0 Å². The Hall–Kier alpha value is -4.10. The Morgan fingerprint density at radius 3 is 2.18 bits per heavy atom. The summed E-state index contributed by atoms with van der Waals surface area (Å²) in [6.45, 7) is 0. The van der Waals surface area contributed by atoms with Gasteiger partial charge in [0.1, 0.15) is 0 Å². The molecule has 1 nitrogen and oxygen atoms in total. The number of hydrogen-bond donors (Lipinski definition) is 0. The van der Waals surface area contributed by atoms with Crippen molar-refractivity contribution in [2.75, 3.05) is 0 Å². The van der Waals surface area contributed by atoms with Gasteiger partial charge in [-0.1, -0.05) is 66.7 Å². The number of rotatable bonds is 0. The Balaban J connectivity index is 1.34. The number of nitrogens with zero attached hydrogens (tertiary/aromatic N) is 1. The van der Waals surface area contributed by atoms with Gasteiger partial charge in [0, 0.05) is 22.9 Å². The third kappa shape index (κ3) is 1.98. The van der Waals surface area contributed by atoms with Crippen molar-refractivity contribution < 1.29 is 0 Å². The summed E-state index contributed by atoms with van der Waals surface area (Å²) in [5, 5.41) is 2.85. The van der Waals surface area contributed by atoms with E-state index in [4.69, 9.17) is 0 Å². The Labute approximate surface area is 197 Å². The maximum Gasteiger partial charge on any atom is 0.0576 e. The van der Waals surface area contributed by atoms with Crippen LogP contribution in [0.2, 0.25) is 0 Å². The molecule has 6 aromatic rings. The van der Waals surface area contributed by atoms with Crippen molar-refractivity contribution >= 4 is 21.8 Å². The van der Waals surface area contributed by atoms with Crippen LogP contribution in [0.4, 0.5) is 0 Å². The molecule has 0 bridgehead atoms. The largest absolute Gasteiger partial charge is 0.309 e. The molecule has 34 heavy (non-hydrogen) atoms. The van der Waals surface area contributed by atoms with Crippen LogP contribution in [0, 0.1) is 0 Å². The highest BCUT2D eigenvalue weighted by Gasteiger charge is 2.29. The zero-order valence-corrected chi connectivity index (χ0v) is 18.7. The molecule has 0 unspecified atom stereocenters.